The number of likely N-dealkylation sites (tertiary alicyclic amines) is 1. The van der Waals surface area contributed by atoms with Crippen LogP contribution in [0.4, 0.5) is 0 Å². The van der Waals surface area contributed by atoms with Crippen molar-refractivity contribution in [1.82, 2.24) is 4.90 Å². The zero-order valence-electron chi connectivity index (χ0n) is 13.2. The molecule has 120 valence electrons. The topological polar surface area (TPSA) is 66.8 Å². The molecule has 0 aromatic heterocycles. The average molecular weight is 313 g/mol. The summed E-state index contributed by atoms with van der Waals surface area (Å²) in [6, 6.07) is 8.02. The number of hydrogen-bond donors (Lipinski definition) is 1. The van der Waals surface area contributed by atoms with Gasteiger partial charge in [0.05, 0.1) is 18.1 Å². The maximum absolute atomic E-state index is 12.8. The van der Waals surface area contributed by atoms with Crippen LogP contribution < -0.4 is 0 Å². The summed E-state index contributed by atoms with van der Waals surface area (Å²) in [7, 11) is 0. The van der Waals surface area contributed by atoms with E-state index in [4.69, 9.17) is 4.74 Å². The summed E-state index contributed by atoms with van der Waals surface area (Å²) in [4.78, 5) is 26.3. The monoisotopic (exact) mass is 313 g/mol. The van der Waals surface area contributed by atoms with E-state index in [9.17, 15) is 14.7 Å². The van der Waals surface area contributed by atoms with Crippen LogP contribution in [0.5, 0.6) is 0 Å². The maximum atomic E-state index is 12.8. The van der Waals surface area contributed by atoms with Crippen molar-refractivity contribution in [2.24, 2.45) is 11.8 Å². The largest absolute Gasteiger partial charge is 0.481 e. The summed E-state index contributed by atoms with van der Waals surface area (Å²) < 4.78 is 6.05. The number of carbonyl (C=O) groups is 2. The molecule has 1 amide bonds. The lowest BCUT2D eigenvalue weighted by atomic mass is 9.72. The van der Waals surface area contributed by atoms with Gasteiger partial charge in [0.2, 0.25) is 5.91 Å². The van der Waals surface area contributed by atoms with Crippen molar-refractivity contribution < 1.29 is 19.4 Å². The summed E-state index contributed by atoms with van der Waals surface area (Å²) in [5.74, 6) is -2.52. The van der Waals surface area contributed by atoms with Crippen LogP contribution in [0, 0.1) is 18.8 Å². The lowest BCUT2D eigenvalue weighted by Crippen LogP contribution is -2.43. The number of amides is 1. The number of hydrogen-bond acceptors (Lipinski definition) is 3. The van der Waals surface area contributed by atoms with Crippen molar-refractivity contribution in [3.8, 4) is 0 Å². The van der Waals surface area contributed by atoms with E-state index in [1.54, 1.807) is 11.8 Å². The molecule has 1 N–H and O–H groups in total. The Balaban J connectivity index is 1.64. The highest BCUT2D eigenvalue weighted by Crippen LogP contribution is 2.57. The van der Waals surface area contributed by atoms with E-state index >= 15 is 0 Å². The second-order valence-electron chi connectivity index (χ2n) is 7.05. The van der Waals surface area contributed by atoms with E-state index in [0.29, 0.717) is 13.1 Å². The van der Waals surface area contributed by atoms with Crippen LogP contribution in [0.1, 0.15) is 18.1 Å². The minimum Gasteiger partial charge on any atom is -0.481 e. The normalized spacial score (nSPS) is 37.5. The Morgan fingerprint density at radius 2 is 2.04 bits per heavy atom. The van der Waals surface area contributed by atoms with Gasteiger partial charge in [0.25, 0.3) is 0 Å². The van der Waals surface area contributed by atoms with Gasteiger partial charge in [0.15, 0.2) is 0 Å². The van der Waals surface area contributed by atoms with E-state index in [1.165, 1.54) is 5.56 Å². The molecule has 1 spiro atoms. The second kappa shape index (κ2) is 4.45. The number of aliphatic carboxylic acids is 1. The van der Waals surface area contributed by atoms with Gasteiger partial charge in [0.1, 0.15) is 11.5 Å². The van der Waals surface area contributed by atoms with Gasteiger partial charge < -0.3 is 14.7 Å². The summed E-state index contributed by atoms with van der Waals surface area (Å²) in [6.45, 7) is 4.68. The van der Waals surface area contributed by atoms with Gasteiger partial charge in [0, 0.05) is 6.54 Å². The first-order valence-corrected chi connectivity index (χ1v) is 7.82. The molecule has 1 aromatic carbocycles. The average Bonchev–Trinajstić information content (AvgIpc) is 3.04. The van der Waals surface area contributed by atoms with Crippen molar-refractivity contribution in [3.63, 3.8) is 0 Å². The number of carboxylic acid groups (broad SMARTS) is 1. The molecule has 3 heterocycles. The van der Waals surface area contributed by atoms with Gasteiger partial charge in [-0.05, 0) is 19.4 Å². The summed E-state index contributed by atoms with van der Waals surface area (Å²) in [6.07, 6.45) is 3.70. The van der Waals surface area contributed by atoms with E-state index in [2.05, 4.69) is 0 Å². The number of benzene rings is 1. The van der Waals surface area contributed by atoms with Crippen molar-refractivity contribution >= 4 is 11.9 Å². The van der Waals surface area contributed by atoms with Crippen molar-refractivity contribution in [3.05, 3.63) is 47.5 Å². The third kappa shape index (κ3) is 1.89. The van der Waals surface area contributed by atoms with Crippen LogP contribution in [-0.2, 0) is 20.9 Å². The first kappa shape index (κ1) is 14.5. The molecule has 5 heteroatoms. The number of carboxylic acids is 1. The fraction of sp³-hybridized carbons (Fsp3) is 0.444. The van der Waals surface area contributed by atoms with Crippen LogP contribution in [0.25, 0.3) is 0 Å². The fourth-order valence-electron chi connectivity index (χ4n) is 4.27. The van der Waals surface area contributed by atoms with Crippen molar-refractivity contribution in [2.75, 3.05) is 6.54 Å². The fourth-order valence-corrected chi connectivity index (χ4v) is 4.27. The first-order valence-electron chi connectivity index (χ1n) is 7.82. The van der Waals surface area contributed by atoms with Crippen LogP contribution in [0.3, 0.4) is 0 Å². The maximum Gasteiger partial charge on any atom is 0.310 e. The Hall–Kier alpha value is -2.14. The van der Waals surface area contributed by atoms with Gasteiger partial charge in [-0.1, -0.05) is 42.0 Å². The van der Waals surface area contributed by atoms with Crippen LogP contribution in [0.15, 0.2) is 36.4 Å². The Kier molecular flexibility index (Phi) is 2.79. The third-order valence-electron chi connectivity index (χ3n) is 5.36. The predicted octanol–water partition coefficient (Wildman–Crippen LogP) is 1.75. The van der Waals surface area contributed by atoms with E-state index in [-0.39, 0.29) is 5.91 Å². The standard InChI is InChI=1S/C18H19NO4/c1-11-3-5-12(6-4-11)9-19-10-18-8-7-17(2,23-18)14(16(21)22)13(18)15(19)20/h3-8,13-14H,9-10H2,1-2H3,(H,21,22)/t13-,14+,17+,18+/m1/s1. The molecule has 0 radical (unpaired) electrons. The number of aryl methyl sites for hydroxylation is 1. The lowest BCUT2D eigenvalue weighted by molar-refractivity contribution is -0.151. The zero-order chi connectivity index (χ0) is 16.4. The van der Waals surface area contributed by atoms with Gasteiger partial charge in [-0.3, -0.25) is 9.59 Å². The van der Waals surface area contributed by atoms with Gasteiger partial charge in [-0.15, -0.1) is 0 Å². The molecule has 5 nitrogen and oxygen atoms in total. The highest BCUT2D eigenvalue weighted by atomic mass is 16.5. The SMILES string of the molecule is Cc1ccc(CN2C[C@]34C=C[C@](C)(O3)[C@H](C(=O)O)[C@@H]4C2=O)cc1. The molecule has 3 aliphatic heterocycles. The van der Waals surface area contributed by atoms with Crippen molar-refractivity contribution in [1.29, 1.82) is 0 Å². The second-order valence-corrected chi connectivity index (χ2v) is 7.05. The molecular formula is C18H19NO4. The summed E-state index contributed by atoms with van der Waals surface area (Å²) >= 11 is 0. The van der Waals surface area contributed by atoms with Crippen LogP contribution in [0.2, 0.25) is 0 Å². The number of carbonyl (C=O) groups excluding carboxylic acids is 1. The zero-order valence-corrected chi connectivity index (χ0v) is 13.2. The number of ether oxygens (including phenoxy) is 1. The number of nitrogens with zero attached hydrogens (tertiary/aromatic N) is 1. The van der Waals surface area contributed by atoms with Gasteiger partial charge in [-0.25, -0.2) is 0 Å². The Bertz CT molecular complexity index is 725. The highest BCUT2D eigenvalue weighted by molar-refractivity contribution is 5.91. The predicted molar refractivity (Wildman–Crippen MR) is 82.6 cm³/mol. The molecule has 0 unspecified atom stereocenters. The lowest BCUT2D eigenvalue weighted by Gasteiger charge is -2.27. The molecule has 1 aromatic rings. The minimum atomic E-state index is -0.964. The van der Waals surface area contributed by atoms with E-state index in [1.807, 2.05) is 43.3 Å². The minimum absolute atomic E-state index is 0.119. The molecule has 3 aliphatic rings. The quantitative estimate of drug-likeness (QED) is 0.863. The van der Waals surface area contributed by atoms with Crippen LogP contribution >= 0.6 is 0 Å². The molecule has 0 aliphatic carbocycles. The number of fused-ring (bicyclic) bond motifs is 1. The molecule has 0 saturated carbocycles. The number of rotatable bonds is 3. The third-order valence-corrected chi connectivity index (χ3v) is 5.36. The molecule has 2 fully saturated rings. The summed E-state index contributed by atoms with van der Waals surface area (Å²) in [5.41, 5.74) is 0.555. The highest BCUT2D eigenvalue weighted by Gasteiger charge is 2.71. The van der Waals surface area contributed by atoms with E-state index in [0.717, 1.165) is 5.56 Å². The Morgan fingerprint density at radius 3 is 2.70 bits per heavy atom. The Labute approximate surface area is 134 Å². The van der Waals surface area contributed by atoms with E-state index < -0.39 is 29.0 Å². The molecule has 4 rings (SSSR count). The molecule has 23 heavy (non-hydrogen) atoms. The molecule has 4 atom stereocenters. The molecule has 2 saturated heterocycles. The Morgan fingerprint density at radius 1 is 1.35 bits per heavy atom. The first-order chi connectivity index (χ1) is 10.8. The van der Waals surface area contributed by atoms with Gasteiger partial charge >= 0.3 is 5.97 Å². The van der Waals surface area contributed by atoms with Crippen LogP contribution in [-0.4, -0.2) is 39.6 Å². The molecular weight excluding hydrogens is 294 g/mol. The van der Waals surface area contributed by atoms with Gasteiger partial charge in [-0.2, -0.15) is 0 Å². The summed E-state index contributed by atoms with van der Waals surface area (Å²) in [5, 5.41) is 9.58. The molecule has 2 bridgehead atoms. The smallest absolute Gasteiger partial charge is 0.310 e. The van der Waals surface area contributed by atoms with Crippen molar-refractivity contribution in [2.45, 2.75) is 31.6 Å².